The van der Waals surface area contributed by atoms with Crippen LogP contribution in [0.5, 0.6) is 0 Å². The van der Waals surface area contributed by atoms with Gasteiger partial charge < -0.3 is 19.3 Å². The zero-order valence-corrected chi connectivity index (χ0v) is 16.4. The smallest absolute Gasteiger partial charge is 0.254 e. The number of nitrogens with zero attached hydrogens (tertiary/aromatic N) is 2. The van der Waals surface area contributed by atoms with E-state index in [0.717, 1.165) is 61.9 Å². The van der Waals surface area contributed by atoms with E-state index >= 15 is 0 Å². The van der Waals surface area contributed by atoms with Crippen molar-refractivity contribution in [1.82, 2.24) is 9.47 Å². The first-order valence-corrected chi connectivity index (χ1v) is 10.1. The van der Waals surface area contributed by atoms with Gasteiger partial charge in [-0.2, -0.15) is 0 Å². The van der Waals surface area contributed by atoms with E-state index in [4.69, 9.17) is 4.74 Å². The second kappa shape index (κ2) is 7.28. The summed E-state index contributed by atoms with van der Waals surface area (Å²) in [6, 6.07) is 8.27. The van der Waals surface area contributed by atoms with E-state index < -0.39 is 0 Å². The van der Waals surface area contributed by atoms with Crippen LogP contribution < -0.4 is 0 Å². The van der Waals surface area contributed by atoms with E-state index in [2.05, 4.69) is 30.7 Å². The summed E-state index contributed by atoms with van der Waals surface area (Å²) in [6.07, 6.45) is 6.00. The number of hydrogen-bond donors (Lipinski definition) is 1. The Bertz CT molecular complexity index is 820. The fraction of sp³-hybridized carbons (Fsp3) is 0.591. The molecule has 0 saturated carbocycles. The van der Waals surface area contributed by atoms with E-state index in [9.17, 15) is 9.90 Å². The maximum absolute atomic E-state index is 13.6. The lowest BCUT2D eigenvalue weighted by Crippen LogP contribution is -2.54. The number of benzene rings is 1. The third kappa shape index (κ3) is 3.27. The molecule has 1 amide bonds. The number of carbonyl (C=O) groups is 1. The van der Waals surface area contributed by atoms with Crippen LogP contribution >= 0.6 is 0 Å². The van der Waals surface area contributed by atoms with Gasteiger partial charge in [0.25, 0.3) is 5.91 Å². The highest BCUT2D eigenvalue weighted by atomic mass is 16.5. The van der Waals surface area contributed by atoms with E-state index in [1.165, 1.54) is 0 Å². The first kappa shape index (κ1) is 18.5. The van der Waals surface area contributed by atoms with Gasteiger partial charge in [0, 0.05) is 48.5 Å². The molecule has 0 bridgehead atoms. The van der Waals surface area contributed by atoms with Gasteiger partial charge in [-0.1, -0.05) is 6.07 Å². The van der Waals surface area contributed by atoms with Gasteiger partial charge in [0.05, 0.1) is 12.6 Å². The Hall–Kier alpha value is -1.85. The van der Waals surface area contributed by atoms with Crippen molar-refractivity contribution < 1.29 is 14.6 Å². The number of carbonyl (C=O) groups excluding carboxylic acids is 1. The van der Waals surface area contributed by atoms with Crippen LogP contribution in [0.15, 0.2) is 30.5 Å². The van der Waals surface area contributed by atoms with Crippen LogP contribution in [-0.2, 0) is 4.74 Å². The SMILES string of the molecule is CC(C)n1ccc2c(C(=O)N3CC4(CCOCC4)CCC3CO)cccc21. The van der Waals surface area contributed by atoms with Crippen LogP contribution in [0.4, 0.5) is 0 Å². The molecule has 27 heavy (non-hydrogen) atoms. The second-order valence-corrected chi connectivity index (χ2v) is 8.48. The van der Waals surface area contributed by atoms with Crippen molar-refractivity contribution in [3.8, 4) is 0 Å². The lowest BCUT2D eigenvalue weighted by molar-refractivity contribution is -0.0435. The number of ether oxygens (including phenoxy) is 1. The summed E-state index contributed by atoms with van der Waals surface area (Å²) in [7, 11) is 0. The Morgan fingerprint density at radius 1 is 1.26 bits per heavy atom. The standard InChI is InChI=1S/C22H30N2O3/c1-16(2)23-11-7-18-19(4-3-5-20(18)23)21(26)24-15-22(8-6-17(24)14-25)9-12-27-13-10-22/h3-5,7,11,16-17,25H,6,8-10,12-15H2,1-2H3. The summed E-state index contributed by atoms with van der Waals surface area (Å²) in [5.74, 6) is 0.0479. The molecule has 3 heterocycles. The summed E-state index contributed by atoms with van der Waals surface area (Å²) in [5, 5.41) is 10.9. The van der Waals surface area contributed by atoms with E-state index in [1.807, 2.05) is 23.1 Å². The number of hydrogen-bond acceptors (Lipinski definition) is 3. The lowest BCUT2D eigenvalue weighted by Gasteiger charge is -2.48. The number of aliphatic hydroxyl groups is 1. The Labute approximate surface area is 160 Å². The third-order valence-corrected chi connectivity index (χ3v) is 6.53. The molecule has 2 aliphatic heterocycles. The van der Waals surface area contributed by atoms with Crippen LogP contribution in [0.3, 0.4) is 0 Å². The first-order valence-electron chi connectivity index (χ1n) is 10.1. The van der Waals surface area contributed by atoms with Gasteiger partial charge in [-0.05, 0) is 63.1 Å². The predicted octanol–water partition coefficient (Wildman–Crippen LogP) is 3.62. The average Bonchev–Trinajstić information content (AvgIpc) is 3.12. The number of amides is 1. The molecule has 2 fully saturated rings. The fourth-order valence-electron chi connectivity index (χ4n) is 4.82. The molecule has 4 rings (SSSR count). The minimum absolute atomic E-state index is 0.0291. The van der Waals surface area contributed by atoms with E-state index in [0.29, 0.717) is 6.04 Å². The molecule has 1 spiro atoms. The Kier molecular flexibility index (Phi) is 4.99. The van der Waals surface area contributed by atoms with E-state index in [-0.39, 0.29) is 24.0 Å². The number of aliphatic hydroxyl groups excluding tert-OH is 1. The third-order valence-electron chi connectivity index (χ3n) is 6.53. The quantitative estimate of drug-likeness (QED) is 0.898. The van der Waals surface area contributed by atoms with Crippen molar-refractivity contribution in [3.05, 3.63) is 36.0 Å². The minimum atomic E-state index is -0.0894. The molecule has 5 heteroatoms. The van der Waals surface area contributed by atoms with Crippen LogP contribution in [0.1, 0.15) is 55.9 Å². The lowest BCUT2D eigenvalue weighted by atomic mass is 9.72. The Morgan fingerprint density at radius 3 is 2.74 bits per heavy atom. The highest BCUT2D eigenvalue weighted by Gasteiger charge is 2.42. The van der Waals surface area contributed by atoms with Gasteiger partial charge >= 0.3 is 0 Å². The average molecular weight is 370 g/mol. The van der Waals surface area contributed by atoms with Crippen molar-refractivity contribution in [2.45, 2.75) is 51.6 Å². The summed E-state index contributed by atoms with van der Waals surface area (Å²) < 4.78 is 7.76. The van der Waals surface area contributed by atoms with Gasteiger partial charge in [-0.3, -0.25) is 4.79 Å². The topological polar surface area (TPSA) is 54.7 Å². The van der Waals surface area contributed by atoms with Crippen molar-refractivity contribution >= 4 is 16.8 Å². The largest absolute Gasteiger partial charge is 0.394 e. The zero-order valence-electron chi connectivity index (χ0n) is 16.4. The molecule has 1 aromatic carbocycles. The summed E-state index contributed by atoms with van der Waals surface area (Å²) in [6.45, 7) is 6.60. The van der Waals surface area contributed by atoms with Crippen molar-refractivity contribution in [3.63, 3.8) is 0 Å². The van der Waals surface area contributed by atoms with Crippen LogP contribution in [0.2, 0.25) is 0 Å². The van der Waals surface area contributed by atoms with Crippen molar-refractivity contribution in [2.24, 2.45) is 5.41 Å². The molecule has 1 unspecified atom stereocenters. The molecular weight excluding hydrogens is 340 g/mol. The molecule has 5 nitrogen and oxygen atoms in total. The summed E-state index contributed by atoms with van der Waals surface area (Å²) >= 11 is 0. The number of aromatic nitrogens is 1. The molecule has 1 atom stereocenters. The van der Waals surface area contributed by atoms with Crippen LogP contribution in [-0.4, -0.2) is 52.9 Å². The molecule has 0 radical (unpaired) electrons. The molecule has 146 valence electrons. The summed E-state index contributed by atoms with van der Waals surface area (Å²) in [4.78, 5) is 15.5. The molecule has 2 aromatic rings. The monoisotopic (exact) mass is 370 g/mol. The Morgan fingerprint density at radius 2 is 2.04 bits per heavy atom. The van der Waals surface area contributed by atoms with Gasteiger partial charge in [-0.15, -0.1) is 0 Å². The molecule has 1 N–H and O–H groups in total. The molecular formula is C22H30N2O3. The van der Waals surface area contributed by atoms with Crippen molar-refractivity contribution in [1.29, 1.82) is 0 Å². The first-order chi connectivity index (χ1) is 13.0. The van der Waals surface area contributed by atoms with Crippen LogP contribution in [0, 0.1) is 5.41 Å². The normalized spacial score (nSPS) is 22.7. The van der Waals surface area contributed by atoms with Gasteiger partial charge in [-0.25, -0.2) is 0 Å². The van der Waals surface area contributed by atoms with E-state index in [1.54, 1.807) is 0 Å². The van der Waals surface area contributed by atoms with Gasteiger partial charge in [0.1, 0.15) is 0 Å². The molecule has 1 aromatic heterocycles. The summed E-state index contributed by atoms with van der Waals surface area (Å²) in [5.41, 5.74) is 1.99. The zero-order chi connectivity index (χ0) is 19.0. The number of rotatable bonds is 3. The molecule has 2 aliphatic rings. The second-order valence-electron chi connectivity index (χ2n) is 8.48. The number of likely N-dealkylation sites (tertiary alicyclic amines) is 1. The fourth-order valence-corrected chi connectivity index (χ4v) is 4.82. The highest BCUT2D eigenvalue weighted by Crippen LogP contribution is 2.41. The highest BCUT2D eigenvalue weighted by molar-refractivity contribution is 6.06. The predicted molar refractivity (Wildman–Crippen MR) is 106 cm³/mol. The molecule has 2 saturated heterocycles. The van der Waals surface area contributed by atoms with Gasteiger partial charge in [0.2, 0.25) is 0 Å². The number of fused-ring (bicyclic) bond motifs is 1. The number of piperidine rings is 1. The maximum Gasteiger partial charge on any atom is 0.254 e. The maximum atomic E-state index is 13.6. The Balaban J connectivity index is 1.68. The molecule has 0 aliphatic carbocycles. The van der Waals surface area contributed by atoms with Gasteiger partial charge in [0.15, 0.2) is 0 Å². The minimum Gasteiger partial charge on any atom is -0.394 e. The van der Waals surface area contributed by atoms with Crippen LogP contribution in [0.25, 0.3) is 10.9 Å². The van der Waals surface area contributed by atoms with Crippen molar-refractivity contribution in [2.75, 3.05) is 26.4 Å².